The van der Waals surface area contributed by atoms with E-state index in [-0.39, 0.29) is 103 Å². The second-order valence-corrected chi connectivity index (χ2v) is 3.14. The number of rotatable bonds is 0. The minimum absolute atomic E-state index is 0. The Morgan fingerprint density at radius 2 is 1.33 bits per heavy atom. The summed E-state index contributed by atoms with van der Waals surface area (Å²) in [6.45, 7) is 0. The van der Waals surface area contributed by atoms with Crippen LogP contribution in [0.2, 0.25) is 0 Å². The predicted molar refractivity (Wildman–Crippen MR) is 31.3 cm³/mol. The van der Waals surface area contributed by atoms with Crippen LogP contribution in [0.15, 0.2) is 0 Å². The Hall–Kier alpha value is 2.90. The van der Waals surface area contributed by atoms with Crippen molar-refractivity contribution in [3.05, 3.63) is 0 Å². The molecule has 0 spiro atoms. The fraction of sp³-hybridized carbons (Fsp3) is 0.333. The Labute approximate surface area is 169 Å². The molecule has 0 heterocycles. The van der Waals surface area contributed by atoms with Gasteiger partial charge in [-0.05, 0) is 6.16 Å². The molecule has 0 saturated carbocycles. The molecule has 0 rings (SSSR count). The van der Waals surface area contributed by atoms with Crippen molar-refractivity contribution in [1.82, 2.24) is 0 Å². The molecular formula is C3Cl3K2NO3. The van der Waals surface area contributed by atoms with Crippen LogP contribution >= 0.6 is 34.8 Å². The fourth-order valence-corrected chi connectivity index (χ4v) is 0. The van der Waals surface area contributed by atoms with Gasteiger partial charge in [0.05, 0.1) is 0 Å². The maximum absolute atomic E-state index is 8.33. The SMILES string of the molecule is N#CC(Cl)(Cl)Cl.O=C([O-])[O-].[K+].[K+]. The largest absolute Gasteiger partial charge is 1.00 e. The molecule has 0 aromatic rings. The van der Waals surface area contributed by atoms with E-state index in [1.165, 1.54) is 6.07 Å². The van der Waals surface area contributed by atoms with Crippen molar-refractivity contribution in [3.8, 4) is 6.07 Å². The third kappa shape index (κ3) is 52.5. The standard InChI is InChI=1S/C2Cl3N.CH2O3.2K/c3-2(4,5)1-6;2-1(3)4;;/h;(H2,2,3,4);;/q;;2*+1/p-2. The summed E-state index contributed by atoms with van der Waals surface area (Å²) in [5.41, 5.74) is 0. The summed E-state index contributed by atoms with van der Waals surface area (Å²) in [4.78, 5) is 8.33. The van der Waals surface area contributed by atoms with E-state index in [1.807, 2.05) is 0 Å². The van der Waals surface area contributed by atoms with Crippen LogP contribution in [-0.4, -0.2) is 9.95 Å². The van der Waals surface area contributed by atoms with Gasteiger partial charge in [0.15, 0.2) is 0 Å². The molecule has 0 radical (unpaired) electrons. The fourth-order valence-electron chi connectivity index (χ4n) is 0. The summed E-state index contributed by atoms with van der Waals surface area (Å²) in [5.74, 6) is 0. The first kappa shape index (κ1) is 24.2. The van der Waals surface area contributed by atoms with Crippen LogP contribution in [-0.2, 0) is 0 Å². The first-order valence-electron chi connectivity index (χ1n) is 1.65. The molecule has 0 N–H and O–H groups in total. The monoisotopic (exact) mass is 281 g/mol. The molecule has 0 amide bonds. The normalized spacial score (nSPS) is 7.17. The van der Waals surface area contributed by atoms with Crippen LogP contribution in [0.4, 0.5) is 4.79 Å². The van der Waals surface area contributed by atoms with Gasteiger partial charge in [0.2, 0.25) is 0 Å². The molecule has 0 aliphatic heterocycles. The van der Waals surface area contributed by atoms with E-state index in [1.54, 1.807) is 0 Å². The maximum Gasteiger partial charge on any atom is 1.00 e. The molecule has 0 aliphatic rings. The summed E-state index contributed by atoms with van der Waals surface area (Å²) in [6.07, 6.45) is -2.33. The predicted octanol–water partition coefficient (Wildman–Crippen LogP) is -6.56. The molecule has 0 unspecified atom stereocenters. The number of hydrogen-bond acceptors (Lipinski definition) is 4. The van der Waals surface area contributed by atoms with Gasteiger partial charge in [0.25, 0.3) is 3.79 Å². The van der Waals surface area contributed by atoms with Crippen LogP contribution in [0.25, 0.3) is 0 Å². The molecule has 0 aromatic carbocycles. The average molecular weight is 283 g/mol. The van der Waals surface area contributed by atoms with E-state index in [2.05, 4.69) is 0 Å². The number of carbonyl (C=O) groups is 1. The van der Waals surface area contributed by atoms with Gasteiger partial charge in [-0.1, -0.05) is 34.8 Å². The van der Waals surface area contributed by atoms with Crippen LogP contribution in [0.5, 0.6) is 0 Å². The van der Waals surface area contributed by atoms with E-state index in [9.17, 15) is 0 Å². The Morgan fingerprint density at radius 1 is 1.25 bits per heavy atom. The number of carbonyl (C=O) groups excluding carboxylic acids is 1. The summed E-state index contributed by atoms with van der Waals surface area (Å²) in [5, 5.41) is 24.4. The van der Waals surface area contributed by atoms with E-state index in [0.717, 1.165) is 0 Å². The second-order valence-electron chi connectivity index (χ2n) is 0.860. The minimum Gasteiger partial charge on any atom is -0.652 e. The molecule has 9 heteroatoms. The van der Waals surface area contributed by atoms with Crippen molar-refractivity contribution < 1.29 is 118 Å². The van der Waals surface area contributed by atoms with Crippen LogP contribution < -0.4 is 113 Å². The van der Waals surface area contributed by atoms with Crippen LogP contribution in [0.1, 0.15) is 0 Å². The van der Waals surface area contributed by atoms with E-state index in [0.29, 0.717) is 0 Å². The molecule has 0 saturated heterocycles. The summed E-state index contributed by atoms with van der Waals surface area (Å²) in [7, 11) is 0. The Bertz CT molecular complexity index is 150. The van der Waals surface area contributed by atoms with Gasteiger partial charge in [-0.25, -0.2) is 0 Å². The van der Waals surface area contributed by atoms with Crippen molar-refractivity contribution in [2.45, 2.75) is 3.79 Å². The third-order valence-electron chi connectivity index (χ3n) is 0.127. The van der Waals surface area contributed by atoms with Gasteiger partial charge in [0.1, 0.15) is 6.07 Å². The molecule has 0 aliphatic carbocycles. The van der Waals surface area contributed by atoms with Crippen LogP contribution in [0.3, 0.4) is 0 Å². The zero-order chi connectivity index (χ0) is 8.78. The van der Waals surface area contributed by atoms with Gasteiger partial charge in [-0.15, -0.1) is 0 Å². The maximum atomic E-state index is 8.33. The quantitative estimate of drug-likeness (QED) is 0.326. The van der Waals surface area contributed by atoms with E-state index in [4.69, 9.17) is 55.1 Å². The van der Waals surface area contributed by atoms with Crippen LogP contribution in [0, 0.1) is 11.3 Å². The zero-order valence-corrected chi connectivity index (χ0v) is 14.8. The first-order valence-corrected chi connectivity index (χ1v) is 2.79. The Balaban J connectivity index is -0.0000000483. The first-order chi connectivity index (χ1) is 4.29. The van der Waals surface area contributed by atoms with Gasteiger partial charge in [0, 0.05) is 0 Å². The Kier molecular flexibility index (Phi) is 28.1. The smallest absolute Gasteiger partial charge is 0.652 e. The van der Waals surface area contributed by atoms with Crippen molar-refractivity contribution in [1.29, 1.82) is 5.26 Å². The topological polar surface area (TPSA) is 87.0 Å². The van der Waals surface area contributed by atoms with Gasteiger partial charge < -0.3 is 15.0 Å². The summed E-state index contributed by atoms with van der Waals surface area (Å²) >= 11 is 14.7. The average Bonchev–Trinajstić information content (AvgIpc) is 1.63. The van der Waals surface area contributed by atoms with Crippen molar-refractivity contribution in [2.75, 3.05) is 0 Å². The van der Waals surface area contributed by atoms with Crippen molar-refractivity contribution >= 4 is 41.0 Å². The number of nitriles is 1. The van der Waals surface area contributed by atoms with Crippen molar-refractivity contribution in [3.63, 3.8) is 0 Å². The van der Waals surface area contributed by atoms with Gasteiger partial charge in [-0.3, -0.25) is 0 Å². The molecule has 4 nitrogen and oxygen atoms in total. The molecule has 0 fully saturated rings. The number of alkyl halides is 3. The van der Waals surface area contributed by atoms with E-state index >= 15 is 0 Å². The number of hydrogen-bond donors (Lipinski definition) is 0. The van der Waals surface area contributed by atoms with Gasteiger partial charge in [-0.2, -0.15) is 5.26 Å². The molecular weight excluding hydrogens is 283 g/mol. The minimum atomic E-state index is -2.33. The van der Waals surface area contributed by atoms with E-state index < -0.39 is 9.95 Å². The number of nitrogens with zero attached hydrogens (tertiary/aromatic N) is 1. The summed E-state index contributed by atoms with van der Waals surface area (Å²) in [6, 6.07) is 1.40. The zero-order valence-electron chi connectivity index (χ0n) is 6.31. The number of carboxylic acid groups (broad SMARTS) is 2. The molecule has 0 atom stereocenters. The van der Waals surface area contributed by atoms with Crippen molar-refractivity contribution in [2.24, 2.45) is 0 Å². The molecule has 0 bridgehead atoms. The Morgan fingerprint density at radius 3 is 1.33 bits per heavy atom. The molecule has 0 aromatic heterocycles. The molecule has 12 heavy (non-hydrogen) atoms. The number of halogens is 3. The van der Waals surface area contributed by atoms with Gasteiger partial charge >= 0.3 is 103 Å². The molecule has 58 valence electrons. The summed E-state index contributed by atoms with van der Waals surface area (Å²) < 4.78 is -1.74. The third-order valence-corrected chi connectivity index (χ3v) is 0.380. The second kappa shape index (κ2) is 13.9.